The maximum Gasteiger partial charge on any atom is 0.335 e. The molecule has 3 aromatic rings. The number of amidine groups is 1. The molecule has 3 aromatic carbocycles. The van der Waals surface area contributed by atoms with Gasteiger partial charge in [0.2, 0.25) is 0 Å². The first kappa shape index (κ1) is 21.4. The van der Waals surface area contributed by atoms with Crippen LogP contribution in [0, 0.1) is 0 Å². The summed E-state index contributed by atoms with van der Waals surface area (Å²) in [4.78, 5) is 31.3. The number of nitrogens with zero attached hydrogens (tertiary/aromatic N) is 2. The molecule has 1 aliphatic rings. The van der Waals surface area contributed by atoms with Crippen LogP contribution in [0.2, 0.25) is 0 Å². The molecule has 32 heavy (non-hydrogen) atoms. The number of amides is 1. The Morgan fingerprint density at radius 2 is 1.72 bits per heavy atom. The minimum atomic E-state index is -0.988. The number of carbonyl (C=O) groups is 2. The van der Waals surface area contributed by atoms with E-state index in [1.54, 1.807) is 30.2 Å². The molecule has 6 nitrogen and oxygen atoms in total. The van der Waals surface area contributed by atoms with Gasteiger partial charge in [0, 0.05) is 5.56 Å². The van der Waals surface area contributed by atoms with Crippen molar-refractivity contribution in [2.24, 2.45) is 4.99 Å². The van der Waals surface area contributed by atoms with Gasteiger partial charge >= 0.3 is 5.97 Å². The standard InChI is InChI=1S/C25H20N2O4S/c1-31-21-10-6-5-7-19(21)15-22-23(28)27(16-17-11-13-18(14-12-17)24(29)30)25(32-22)26-20-8-3-2-4-9-20/h2-15H,16H2,1H3,(H,29,30)/b22-15-,26-25?. The van der Waals surface area contributed by atoms with E-state index in [1.165, 1.54) is 23.9 Å². The molecule has 1 N–H and O–H groups in total. The molecule has 7 heteroatoms. The summed E-state index contributed by atoms with van der Waals surface area (Å²) in [5.74, 6) is -0.478. The lowest BCUT2D eigenvalue weighted by Crippen LogP contribution is -2.28. The summed E-state index contributed by atoms with van der Waals surface area (Å²) in [6.07, 6.45) is 1.81. The van der Waals surface area contributed by atoms with Crippen LogP contribution in [-0.4, -0.2) is 34.2 Å². The normalized spacial score (nSPS) is 16.0. The largest absolute Gasteiger partial charge is 0.496 e. The smallest absolute Gasteiger partial charge is 0.335 e. The third kappa shape index (κ3) is 4.73. The van der Waals surface area contributed by atoms with E-state index in [0.717, 1.165) is 16.8 Å². The van der Waals surface area contributed by atoms with Crippen LogP contribution in [0.25, 0.3) is 6.08 Å². The van der Waals surface area contributed by atoms with Crippen molar-refractivity contribution >= 4 is 40.6 Å². The molecule has 1 heterocycles. The highest BCUT2D eigenvalue weighted by atomic mass is 32.2. The van der Waals surface area contributed by atoms with E-state index in [4.69, 9.17) is 9.84 Å². The molecular weight excluding hydrogens is 424 g/mol. The van der Waals surface area contributed by atoms with Gasteiger partial charge in [-0.1, -0.05) is 48.5 Å². The van der Waals surface area contributed by atoms with Gasteiger partial charge < -0.3 is 9.84 Å². The molecule has 1 aliphatic heterocycles. The van der Waals surface area contributed by atoms with Crippen molar-refractivity contribution in [1.29, 1.82) is 0 Å². The minimum Gasteiger partial charge on any atom is -0.496 e. The number of ether oxygens (including phenoxy) is 1. The van der Waals surface area contributed by atoms with Crippen LogP contribution >= 0.6 is 11.8 Å². The second-order valence-corrected chi connectivity index (χ2v) is 7.98. The van der Waals surface area contributed by atoms with Crippen LogP contribution < -0.4 is 4.74 Å². The number of carbonyl (C=O) groups excluding carboxylic acids is 1. The van der Waals surface area contributed by atoms with Gasteiger partial charge in [0.1, 0.15) is 5.75 Å². The van der Waals surface area contributed by atoms with E-state index < -0.39 is 5.97 Å². The van der Waals surface area contributed by atoms with E-state index in [0.29, 0.717) is 15.8 Å². The van der Waals surface area contributed by atoms with E-state index in [1.807, 2.05) is 54.6 Å². The lowest BCUT2D eigenvalue weighted by molar-refractivity contribution is -0.122. The second-order valence-electron chi connectivity index (χ2n) is 6.98. The highest BCUT2D eigenvalue weighted by molar-refractivity contribution is 8.18. The summed E-state index contributed by atoms with van der Waals surface area (Å²) in [7, 11) is 1.59. The fourth-order valence-electron chi connectivity index (χ4n) is 3.21. The number of hydrogen-bond acceptors (Lipinski definition) is 5. The fourth-order valence-corrected chi connectivity index (χ4v) is 4.19. The molecule has 4 rings (SSSR count). The Kier molecular flexibility index (Phi) is 6.37. The number of rotatable bonds is 6. The summed E-state index contributed by atoms with van der Waals surface area (Å²) >= 11 is 1.30. The van der Waals surface area contributed by atoms with Gasteiger partial charge in [0.05, 0.1) is 29.8 Å². The highest BCUT2D eigenvalue weighted by Gasteiger charge is 2.33. The van der Waals surface area contributed by atoms with Crippen molar-refractivity contribution in [2.75, 3.05) is 7.11 Å². The molecule has 0 radical (unpaired) electrons. The number of benzene rings is 3. The third-order valence-electron chi connectivity index (χ3n) is 4.84. The zero-order chi connectivity index (χ0) is 22.5. The molecule has 1 saturated heterocycles. The van der Waals surface area contributed by atoms with Crippen LogP contribution in [-0.2, 0) is 11.3 Å². The van der Waals surface area contributed by atoms with E-state index in [9.17, 15) is 9.59 Å². The molecule has 0 aliphatic carbocycles. The number of aliphatic imine (C=N–C) groups is 1. The van der Waals surface area contributed by atoms with Gasteiger partial charge in [-0.3, -0.25) is 9.69 Å². The maximum atomic E-state index is 13.3. The first-order chi connectivity index (χ1) is 15.5. The number of hydrogen-bond donors (Lipinski definition) is 1. The third-order valence-corrected chi connectivity index (χ3v) is 5.84. The van der Waals surface area contributed by atoms with Crippen LogP contribution in [0.3, 0.4) is 0 Å². The number of carboxylic acids is 1. The zero-order valence-corrected chi connectivity index (χ0v) is 18.1. The number of methoxy groups -OCH3 is 1. The average molecular weight is 445 g/mol. The predicted molar refractivity (Wildman–Crippen MR) is 126 cm³/mol. The summed E-state index contributed by atoms with van der Waals surface area (Å²) in [6, 6.07) is 23.4. The van der Waals surface area contributed by atoms with Gasteiger partial charge in [0.25, 0.3) is 5.91 Å². The Labute approximate surface area is 189 Å². The summed E-state index contributed by atoms with van der Waals surface area (Å²) in [5.41, 5.74) is 2.55. The lowest BCUT2D eigenvalue weighted by atomic mass is 10.1. The Morgan fingerprint density at radius 3 is 2.41 bits per heavy atom. The molecule has 0 atom stereocenters. The van der Waals surface area contributed by atoms with E-state index >= 15 is 0 Å². The number of aromatic carboxylic acids is 1. The van der Waals surface area contributed by atoms with Crippen molar-refractivity contribution in [3.05, 3.63) is 100 Å². The topological polar surface area (TPSA) is 79.2 Å². The predicted octanol–water partition coefficient (Wildman–Crippen LogP) is 5.20. The van der Waals surface area contributed by atoms with Crippen molar-refractivity contribution in [3.63, 3.8) is 0 Å². The van der Waals surface area contributed by atoms with Crippen LogP contribution in [0.5, 0.6) is 5.75 Å². The Morgan fingerprint density at radius 1 is 1.03 bits per heavy atom. The maximum absolute atomic E-state index is 13.3. The summed E-state index contributed by atoms with van der Waals surface area (Å²) < 4.78 is 5.41. The second kappa shape index (κ2) is 9.53. The van der Waals surface area contributed by atoms with Crippen molar-refractivity contribution in [1.82, 2.24) is 4.90 Å². The monoisotopic (exact) mass is 444 g/mol. The van der Waals surface area contributed by atoms with Crippen LogP contribution in [0.15, 0.2) is 88.8 Å². The Balaban J connectivity index is 1.69. The van der Waals surface area contributed by atoms with Gasteiger partial charge in [-0.25, -0.2) is 9.79 Å². The van der Waals surface area contributed by atoms with Crippen LogP contribution in [0.4, 0.5) is 5.69 Å². The first-order valence-corrected chi connectivity index (χ1v) is 10.7. The number of thioether (sulfide) groups is 1. The van der Waals surface area contributed by atoms with Gasteiger partial charge in [0.15, 0.2) is 5.17 Å². The number of para-hydroxylation sites is 2. The van der Waals surface area contributed by atoms with Gasteiger partial charge in [-0.15, -0.1) is 0 Å². The Bertz CT molecular complexity index is 1200. The van der Waals surface area contributed by atoms with Gasteiger partial charge in [-0.2, -0.15) is 0 Å². The van der Waals surface area contributed by atoms with E-state index in [2.05, 4.69) is 4.99 Å². The molecule has 0 saturated carbocycles. The molecule has 0 unspecified atom stereocenters. The molecular formula is C25H20N2O4S. The van der Waals surface area contributed by atoms with Crippen molar-refractivity contribution < 1.29 is 19.4 Å². The van der Waals surface area contributed by atoms with Gasteiger partial charge in [-0.05, 0) is 53.7 Å². The van der Waals surface area contributed by atoms with E-state index in [-0.39, 0.29) is 18.0 Å². The minimum absolute atomic E-state index is 0.169. The molecule has 0 spiro atoms. The lowest BCUT2D eigenvalue weighted by Gasteiger charge is -2.16. The fraction of sp³-hybridized carbons (Fsp3) is 0.0800. The van der Waals surface area contributed by atoms with Crippen molar-refractivity contribution in [3.8, 4) is 5.75 Å². The molecule has 0 aromatic heterocycles. The zero-order valence-electron chi connectivity index (χ0n) is 17.3. The molecule has 160 valence electrons. The quantitative estimate of drug-likeness (QED) is 0.529. The van der Waals surface area contributed by atoms with Crippen molar-refractivity contribution in [2.45, 2.75) is 6.54 Å². The Hall–Kier alpha value is -3.84. The molecule has 0 bridgehead atoms. The average Bonchev–Trinajstić information content (AvgIpc) is 3.09. The highest BCUT2D eigenvalue weighted by Crippen LogP contribution is 2.36. The first-order valence-electron chi connectivity index (χ1n) is 9.85. The van der Waals surface area contributed by atoms with Crippen LogP contribution in [0.1, 0.15) is 21.5 Å². The molecule has 1 amide bonds. The number of carboxylic acid groups (broad SMARTS) is 1. The summed E-state index contributed by atoms with van der Waals surface area (Å²) in [5, 5.41) is 9.68. The molecule has 1 fully saturated rings. The summed E-state index contributed by atoms with van der Waals surface area (Å²) in [6.45, 7) is 0.278. The SMILES string of the molecule is COc1ccccc1/C=C1\SC(=Nc2ccccc2)N(Cc2ccc(C(=O)O)cc2)C1=O.